The fraction of sp³-hybridized carbons (Fsp3) is 0.769. The molecule has 0 fully saturated rings. The summed E-state index contributed by atoms with van der Waals surface area (Å²) in [6.07, 6.45) is 6.14. The van der Waals surface area contributed by atoms with Gasteiger partial charge in [-0.05, 0) is 45.9 Å². The largest absolute Gasteiger partial charge is 0.465 e. The average Bonchev–Trinajstić information content (AvgIpc) is 2.39. The molecule has 0 bridgehead atoms. The lowest BCUT2D eigenvalue weighted by molar-refractivity contribution is 0.195. The Morgan fingerprint density at radius 3 is 2.32 bits per heavy atom. The Labute approximate surface area is 116 Å². The van der Waals surface area contributed by atoms with Gasteiger partial charge in [-0.3, -0.25) is 0 Å². The van der Waals surface area contributed by atoms with Crippen molar-refractivity contribution in [3.8, 4) is 0 Å². The van der Waals surface area contributed by atoms with Gasteiger partial charge in [0.25, 0.3) is 0 Å². The van der Waals surface area contributed by atoms with Crippen molar-refractivity contribution in [2.24, 2.45) is 0 Å². The van der Waals surface area contributed by atoms with Crippen molar-refractivity contribution in [2.45, 2.75) is 19.3 Å². The molecule has 0 heterocycles. The molecular weight excluding hydrogens is 244 g/mol. The molecule has 0 spiro atoms. The van der Waals surface area contributed by atoms with E-state index in [0.717, 1.165) is 39.1 Å². The first-order valence-corrected chi connectivity index (χ1v) is 6.95. The van der Waals surface area contributed by atoms with E-state index >= 15 is 0 Å². The van der Waals surface area contributed by atoms with Crippen LogP contribution >= 0.6 is 0 Å². The molecule has 0 aromatic carbocycles. The molecule has 1 amide bonds. The van der Waals surface area contributed by atoms with Gasteiger partial charge in [-0.25, -0.2) is 4.79 Å². The maximum atomic E-state index is 10.2. The minimum absolute atomic E-state index is 0.383. The van der Waals surface area contributed by atoms with Crippen molar-refractivity contribution < 1.29 is 9.90 Å². The summed E-state index contributed by atoms with van der Waals surface area (Å²) in [6, 6.07) is 0. The van der Waals surface area contributed by atoms with Gasteiger partial charge in [0.1, 0.15) is 0 Å². The highest BCUT2D eigenvalue weighted by Gasteiger charge is 1.90. The Balaban J connectivity index is 3.04. The molecule has 6 nitrogen and oxygen atoms in total. The molecule has 6 heteroatoms. The highest BCUT2D eigenvalue weighted by molar-refractivity contribution is 5.64. The topological polar surface area (TPSA) is 85.4 Å². The normalized spacial score (nSPS) is 11.0. The third kappa shape index (κ3) is 16.9. The van der Waals surface area contributed by atoms with Gasteiger partial charge in [-0.1, -0.05) is 12.2 Å². The van der Waals surface area contributed by atoms with Gasteiger partial charge in [0.05, 0.1) is 0 Å². The lowest BCUT2D eigenvalue weighted by atomic mass is 10.3. The standard InChI is InChI=1S/C13H28N4O2/c1-14-11-12-16-9-6-5-8-15-7-3-2-4-10-17-13(18)19/h2,4,14-17H,3,5-12H2,1H3,(H,18,19)/b4-2+. The first-order chi connectivity index (χ1) is 9.27. The summed E-state index contributed by atoms with van der Waals surface area (Å²) in [4.78, 5) is 10.2. The van der Waals surface area contributed by atoms with Crippen LogP contribution in [0.25, 0.3) is 0 Å². The van der Waals surface area contributed by atoms with Crippen LogP contribution in [0.2, 0.25) is 0 Å². The summed E-state index contributed by atoms with van der Waals surface area (Å²) >= 11 is 0. The number of unbranched alkanes of at least 4 members (excludes halogenated alkanes) is 1. The molecule has 0 aromatic heterocycles. The van der Waals surface area contributed by atoms with E-state index in [1.54, 1.807) is 0 Å². The fourth-order valence-corrected chi connectivity index (χ4v) is 1.50. The molecule has 5 N–H and O–H groups in total. The van der Waals surface area contributed by atoms with Crippen LogP contribution in [0, 0.1) is 0 Å². The van der Waals surface area contributed by atoms with Crippen LogP contribution in [-0.2, 0) is 0 Å². The van der Waals surface area contributed by atoms with Crippen molar-refractivity contribution in [3.05, 3.63) is 12.2 Å². The maximum absolute atomic E-state index is 10.2. The van der Waals surface area contributed by atoms with Crippen LogP contribution in [0.3, 0.4) is 0 Å². The van der Waals surface area contributed by atoms with Gasteiger partial charge in [-0.15, -0.1) is 0 Å². The number of carboxylic acid groups (broad SMARTS) is 1. The highest BCUT2D eigenvalue weighted by Crippen LogP contribution is 1.85. The molecular formula is C13H28N4O2. The van der Waals surface area contributed by atoms with Crippen LogP contribution in [0.15, 0.2) is 12.2 Å². The summed E-state index contributed by atoms with van der Waals surface area (Å²) in [5.74, 6) is 0. The Morgan fingerprint density at radius 2 is 1.68 bits per heavy atom. The fourth-order valence-electron chi connectivity index (χ4n) is 1.50. The van der Waals surface area contributed by atoms with E-state index in [0.29, 0.717) is 6.54 Å². The number of nitrogens with one attached hydrogen (secondary N) is 4. The van der Waals surface area contributed by atoms with Gasteiger partial charge in [0, 0.05) is 19.6 Å². The van der Waals surface area contributed by atoms with E-state index in [9.17, 15) is 4.79 Å². The predicted molar refractivity (Wildman–Crippen MR) is 78.7 cm³/mol. The zero-order chi connectivity index (χ0) is 14.2. The summed E-state index contributed by atoms with van der Waals surface area (Å²) in [5.41, 5.74) is 0. The van der Waals surface area contributed by atoms with Crippen molar-refractivity contribution >= 4 is 6.09 Å². The molecule has 0 radical (unpaired) electrons. The molecule has 0 rings (SSSR count). The van der Waals surface area contributed by atoms with E-state index in [1.165, 1.54) is 12.8 Å². The lowest BCUT2D eigenvalue weighted by Crippen LogP contribution is -2.26. The molecule has 0 aromatic rings. The van der Waals surface area contributed by atoms with Crippen molar-refractivity contribution in [1.82, 2.24) is 21.3 Å². The molecule has 0 atom stereocenters. The second kappa shape index (κ2) is 14.9. The Hall–Kier alpha value is -1.11. The van der Waals surface area contributed by atoms with Gasteiger partial charge < -0.3 is 26.4 Å². The number of carbonyl (C=O) groups is 1. The summed E-state index contributed by atoms with van der Waals surface area (Å²) in [5, 5.41) is 20.4. The summed E-state index contributed by atoms with van der Waals surface area (Å²) < 4.78 is 0. The second-order valence-electron chi connectivity index (χ2n) is 4.26. The first-order valence-electron chi connectivity index (χ1n) is 6.95. The molecule has 0 aliphatic heterocycles. The maximum Gasteiger partial charge on any atom is 0.404 e. The third-order valence-electron chi connectivity index (χ3n) is 2.53. The average molecular weight is 272 g/mol. The minimum Gasteiger partial charge on any atom is -0.465 e. The monoisotopic (exact) mass is 272 g/mol. The molecule has 0 unspecified atom stereocenters. The van der Waals surface area contributed by atoms with Crippen molar-refractivity contribution in [1.29, 1.82) is 0 Å². The third-order valence-corrected chi connectivity index (χ3v) is 2.53. The molecule has 0 saturated heterocycles. The first kappa shape index (κ1) is 17.9. The van der Waals surface area contributed by atoms with Gasteiger partial charge >= 0.3 is 6.09 Å². The lowest BCUT2D eigenvalue weighted by Gasteiger charge is -2.05. The number of hydrogen-bond acceptors (Lipinski definition) is 4. The quantitative estimate of drug-likeness (QED) is 0.247. The molecule has 112 valence electrons. The van der Waals surface area contributed by atoms with Crippen LogP contribution in [-0.4, -0.2) is 57.5 Å². The van der Waals surface area contributed by atoms with E-state index in [-0.39, 0.29) is 0 Å². The summed E-state index contributed by atoms with van der Waals surface area (Å²) in [6.45, 7) is 5.48. The SMILES string of the molecule is CNCCNCCCCNCC/C=C/CNC(=O)O. The van der Waals surface area contributed by atoms with E-state index < -0.39 is 6.09 Å². The number of amides is 1. The molecule has 0 saturated carbocycles. The van der Waals surface area contributed by atoms with Crippen LogP contribution in [0.4, 0.5) is 4.79 Å². The van der Waals surface area contributed by atoms with Crippen LogP contribution in [0.5, 0.6) is 0 Å². The number of hydrogen-bond donors (Lipinski definition) is 5. The molecule has 0 aliphatic carbocycles. The van der Waals surface area contributed by atoms with Crippen LogP contribution < -0.4 is 21.3 Å². The van der Waals surface area contributed by atoms with E-state index in [2.05, 4.69) is 21.3 Å². The van der Waals surface area contributed by atoms with Crippen molar-refractivity contribution in [2.75, 3.05) is 46.3 Å². The van der Waals surface area contributed by atoms with Gasteiger partial charge in [0.15, 0.2) is 0 Å². The number of likely N-dealkylation sites (N-methyl/N-ethyl adjacent to an activating group) is 1. The van der Waals surface area contributed by atoms with Crippen LogP contribution in [0.1, 0.15) is 19.3 Å². The smallest absolute Gasteiger partial charge is 0.404 e. The Bertz CT molecular complexity index is 235. The highest BCUT2D eigenvalue weighted by atomic mass is 16.4. The van der Waals surface area contributed by atoms with E-state index in [4.69, 9.17) is 5.11 Å². The molecule has 0 aliphatic rings. The zero-order valence-electron chi connectivity index (χ0n) is 11.9. The van der Waals surface area contributed by atoms with Gasteiger partial charge in [0.2, 0.25) is 0 Å². The second-order valence-corrected chi connectivity index (χ2v) is 4.26. The zero-order valence-corrected chi connectivity index (χ0v) is 11.9. The minimum atomic E-state index is -0.980. The predicted octanol–water partition coefficient (Wildman–Crippen LogP) is 0.379. The Morgan fingerprint density at radius 1 is 1.00 bits per heavy atom. The summed E-state index contributed by atoms with van der Waals surface area (Å²) in [7, 11) is 1.96. The molecule has 19 heavy (non-hydrogen) atoms. The van der Waals surface area contributed by atoms with E-state index in [1.807, 2.05) is 19.2 Å². The van der Waals surface area contributed by atoms with Crippen molar-refractivity contribution in [3.63, 3.8) is 0 Å². The Kier molecular flexibility index (Phi) is 14.1. The van der Waals surface area contributed by atoms with Gasteiger partial charge in [-0.2, -0.15) is 0 Å². The number of rotatable bonds is 13.